The fraction of sp³-hybridized carbons (Fsp3) is 0.333. The average molecular weight is 640 g/mol. The lowest BCUT2D eigenvalue weighted by atomic mass is 9.98. The number of carbonyl (C=O) groups excluding carboxylic acids is 2. The highest BCUT2D eigenvalue weighted by Gasteiger charge is 2.30. The maximum Gasteiger partial charge on any atom is 0.281 e. The standard InChI is InChI=1S/C33H36F3N5O3S/c1-33(2,36)24-15-25(17-37-16-24)40(3)19-28(42)27(13-21-9-6-5-7-10-21)41(4)32(44)23-12-8-11-22(14-23)31(43)38-18-29-39-26(20-45-29)30(34)35/h5-12,14-17,20,27-28,30,42H,13,18-19H2,1-4H3,(H,38,43)/t27-,28+/m0/s1. The van der Waals surface area contributed by atoms with Crippen LogP contribution in [0.4, 0.5) is 18.9 Å². The van der Waals surface area contributed by atoms with Crippen LogP contribution < -0.4 is 10.2 Å². The van der Waals surface area contributed by atoms with Gasteiger partial charge >= 0.3 is 0 Å². The topological polar surface area (TPSA) is 98.7 Å². The van der Waals surface area contributed by atoms with Crippen LogP contribution >= 0.6 is 11.3 Å². The highest BCUT2D eigenvalue weighted by atomic mass is 32.1. The van der Waals surface area contributed by atoms with Gasteiger partial charge in [-0.2, -0.15) is 0 Å². The smallest absolute Gasteiger partial charge is 0.281 e. The zero-order valence-corrected chi connectivity index (χ0v) is 26.3. The Morgan fingerprint density at radius 1 is 1.02 bits per heavy atom. The zero-order valence-electron chi connectivity index (χ0n) is 25.5. The van der Waals surface area contributed by atoms with E-state index in [1.165, 1.54) is 36.4 Å². The molecule has 4 rings (SSSR count). The second kappa shape index (κ2) is 14.7. The molecule has 2 aromatic carbocycles. The summed E-state index contributed by atoms with van der Waals surface area (Å²) in [5.74, 6) is -0.896. The first-order valence-corrected chi connectivity index (χ1v) is 15.2. The molecule has 0 aliphatic heterocycles. The van der Waals surface area contributed by atoms with E-state index in [1.807, 2.05) is 30.3 Å². The van der Waals surface area contributed by atoms with Crippen LogP contribution in [0.5, 0.6) is 0 Å². The van der Waals surface area contributed by atoms with Gasteiger partial charge in [0.05, 0.1) is 30.6 Å². The first-order valence-electron chi connectivity index (χ1n) is 14.3. The van der Waals surface area contributed by atoms with Crippen molar-refractivity contribution in [1.82, 2.24) is 20.2 Å². The van der Waals surface area contributed by atoms with Gasteiger partial charge in [0.1, 0.15) is 16.4 Å². The van der Waals surface area contributed by atoms with Gasteiger partial charge in [-0.3, -0.25) is 14.6 Å². The second-order valence-corrected chi connectivity index (χ2v) is 12.2. The molecule has 2 N–H and O–H groups in total. The monoisotopic (exact) mass is 639 g/mol. The summed E-state index contributed by atoms with van der Waals surface area (Å²) >= 11 is 1.02. The van der Waals surface area contributed by atoms with E-state index in [4.69, 9.17) is 0 Å². The van der Waals surface area contributed by atoms with E-state index in [0.717, 1.165) is 16.9 Å². The highest BCUT2D eigenvalue weighted by molar-refractivity contribution is 7.09. The molecule has 0 aliphatic carbocycles. The van der Waals surface area contributed by atoms with Crippen molar-refractivity contribution in [3.63, 3.8) is 0 Å². The molecule has 2 aromatic heterocycles. The van der Waals surface area contributed by atoms with Gasteiger partial charge in [0.2, 0.25) is 0 Å². The SMILES string of the molecule is CN(C[C@@H](O)[C@H](Cc1ccccc1)N(C)C(=O)c1cccc(C(=O)NCc2nc(C(F)F)cs2)c1)c1cncc(C(C)(C)F)c1. The van der Waals surface area contributed by atoms with Gasteiger partial charge in [-0.15, -0.1) is 11.3 Å². The number of nitrogens with one attached hydrogen (secondary N) is 1. The molecule has 0 spiro atoms. The number of likely N-dealkylation sites (N-methyl/N-ethyl adjacent to an activating group) is 2. The Morgan fingerprint density at radius 3 is 2.40 bits per heavy atom. The molecule has 0 unspecified atom stereocenters. The summed E-state index contributed by atoms with van der Waals surface area (Å²) in [5.41, 5.74) is 0.455. The van der Waals surface area contributed by atoms with E-state index in [2.05, 4.69) is 15.3 Å². The van der Waals surface area contributed by atoms with Crippen molar-refractivity contribution in [2.75, 3.05) is 25.5 Å². The van der Waals surface area contributed by atoms with Crippen LogP contribution in [0.2, 0.25) is 0 Å². The van der Waals surface area contributed by atoms with Crippen LogP contribution in [0.25, 0.3) is 0 Å². The number of aliphatic hydroxyl groups excluding tert-OH is 1. The first-order chi connectivity index (χ1) is 21.3. The highest BCUT2D eigenvalue weighted by Crippen LogP contribution is 2.27. The third-order valence-electron chi connectivity index (χ3n) is 7.43. The minimum Gasteiger partial charge on any atom is -0.389 e. The van der Waals surface area contributed by atoms with Gasteiger partial charge in [0.25, 0.3) is 18.2 Å². The number of alkyl halides is 3. The molecule has 0 aliphatic rings. The number of hydrogen-bond acceptors (Lipinski definition) is 7. The molecule has 0 fully saturated rings. The summed E-state index contributed by atoms with van der Waals surface area (Å²) in [6.07, 6.45) is -0.301. The van der Waals surface area contributed by atoms with E-state index >= 15 is 0 Å². The Labute approximate surface area is 264 Å². The number of anilines is 1. The fourth-order valence-electron chi connectivity index (χ4n) is 4.77. The van der Waals surface area contributed by atoms with Crippen molar-refractivity contribution in [1.29, 1.82) is 0 Å². The number of hydrogen-bond donors (Lipinski definition) is 2. The van der Waals surface area contributed by atoms with E-state index in [0.29, 0.717) is 22.7 Å². The summed E-state index contributed by atoms with van der Waals surface area (Å²) < 4.78 is 40.3. The Hall–Kier alpha value is -4.29. The first kappa shape index (κ1) is 33.6. The minimum atomic E-state index is -2.69. The zero-order chi connectivity index (χ0) is 32.7. The van der Waals surface area contributed by atoms with Crippen LogP contribution in [-0.2, 0) is 18.6 Å². The summed E-state index contributed by atoms with van der Waals surface area (Å²) in [6.45, 7) is 2.99. The van der Waals surface area contributed by atoms with E-state index in [1.54, 1.807) is 49.5 Å². The normalized spacial score (nSPS) is 12.9. The Bertz CT molecular complexity index is 1600. The Kier molecular flexibility index (Phi) is 10.9. The van der Waals surface area contributed by atoms with Crippen LogP contribution in [-0.4, -0.2) is 64.6 Å². The number of benzene rings is 2. The van der Waals surface area contributed by atoms with E-state index in [-0.39, 0.29) is 29.9 Å². The van der Waals surface area contributed by atoms with Crippen LogP contribution in [0.3, 0.4) is 0 Å². The van der Waals surface area contributed by atoms with E-state index < -0.39 is 36.1 Å². The second-order valence-electron chi connectivity index (χ2n) is 11.3. The van der Waals surface area contributed by atoms with Crippen molar-refractivity contribution in [2.24, 2.45) is 0 Å². The Balaban J connectivity index is 1.50. The molecule has 45 heavy (non-hydrogen) atoms. The van der Waals surface area contributed by atoms with Gasteiger partial charge in [0.15, 0.2) is 0 Å². The van der Waals surface area contributed by atoms with Gasteiger partial charge in [-0.25, -0.2) is 18.2 Å². The predicted octanol–water partition coefficient (Wildman–Crippen LogP) is 5.79. The molecular weight excluding hydrogens is 603 g/mol. The van der Waals surface area contributed by atoms with Crippen molar-refractivity contribution < 1.29 is 27.9 Å². The number of aromatic nitrogens is 2. The number of pyridine rings is 1. The molecule has 8 nitrogen and oxygen atoms in total. The molecule has 12 heteroatoms. The van der Waals surface area contributed by atoms with Gasteiger partial charge in [-0.1, -0.05) is 36.4 Å². The third kappa shape index (κ3) is 8.89. The van der Waals surface area contributed by atoms with Gasteiger partial charge in [0, 0.05) is 48.9 Å². The maximum atomic E-state index is 14.6. The van der Waals surface area contributed by atoms with Gasteiger partial charge < -0.3 is 20.2 Å². The third-order valence-corrected chi connectivity index (χ3v) is 8.29. The van der Waals surface area contributed by atoms with E-state index in [9.17, 15) is 27.9 Å². The van der Waals surface area contributed by atoms with Crippen molar-refractivity contribution in [2.45, 2.75) is 51.1 Å². The van der Waals surface area contributed by atoms with Crippen LogP contribution in [0.15, 0.2) is 78.4 Å². The van der Waals surface area contributed by atoms with Crippen molar-refractivity contribution in [3.8, 4) is 0 Å². The lowest BCUT2D eigenvalue weighted by Gasteiger charge is -2.35. The Morgan fingerprint density at radius 2 is 1.73 bits per heavy atom. The molecule has 2 amide bonds. The summed E-state index contributed by atoms with van der Waals surface area (Å²) in [4.78, 5) is 37.8. The summed E-state index contributed by atoms with van der Waals surface area (Å²) in [6, 6.07) is 16.6. The summed E-state index contributed by atoms with van der Waals surface area (Å²) in [5, 5.41) is 15.7. The number of halogens is 3. The summed E-state index contributed by atoms with van der Waals surface area (Å²) in [7, 11) is 3.36. The molecule has 0 saturated heterocycles. The predicted molar refractivity (Wildman–Crippen MR) is 168 cm³/mol. The number of amides is 2. The molecule has 2 heterocycles. The molecule has 2 atom stereocenters. The molecule has 0 saturated carbocycles. The average Bonchev–Trinajstić information content (AvgIpc) is 3.51. The maximum absolute atomic E-state index is 14.6. The lowest BCUT2D eigenvalue weighted by Crippen LogP contribution is -2.50. The lowest BCUT2D eigenvalue weighted by molar-refractivity contribution is 0.0465. The number of rotatable bonds is 13. The molecule has 238 valence electrons. The van der Waals surface area contributed by atoms with Crippen LogP contribution in [0.1, 0.15) is 62.8 Å². The van der Waals surface area contributed by atoms with Crippen molar-refractivity contribution in [3.05, 3.63) is 111 Å². The largest absolute Gasteiger partial charge is 0.389 e. The number of aliphatic hydroxyl groups is 1. The molecule has 4 aromatic rings. The molecular formula is C33H36F3N5O3S. The number of thiazole rings is 1. The quantitative estimate of drug-likeness (QED) is 0.192. The fourth-order valence-corrected chi connectivity index (χ4v) is 5.49. The number of nitrogens with zero attached hydrogens (tertiary/aromatic N) is 4. The molecule has 0 radical (unpaired) electrons. The minimum absolute atomic E-state index is 0.0333. The van der Waals surface area contributed by atoms with Gasteiger partial charge in [-0.05, 0) is 50.1 Å². The number of carbonyl (C=O) groups is 2. The van der Waals surface area contributed by atoms with Crippen molar-refractivity contribution >= 4 is 28.8 Å². The molecule has 0 bridgehead atoms. The van der Waals surface area contributed by atoms with Crippen LogP contribution in [0, 0.1) is 0 Å².